The quantitative estimate of drug-likeness (QED) is 0.0986. The van der Waals surface area contributed by atoms with Crippen LogP contribution in [0.2, 0.25) is 0 Å². The lowest BCUT2D eigenvalue weighted by atomic mass is 9.43. The third-order valence-electron chi connectivity index (χ3n) is 14.1. The first-order valence-electron chi connectivity index (χ1n) is 18.1. The van der Waals surface area contributed by atoms with Crippen LogP contribution in [0, 0.1) is 28.6 Å². The van der Waals surface area contributed by atoms with Gasteiger partial charge in [0.2, 0.25) is 0 Å². The van der Waals surface area contributed by atoms with E-state index in [1.807, 2.05) is 0 Å². The Morgan fingerprint density at radius 1 is 0.776 bits per heavy atom. The minimum absolute atomic E-state index is 0.0210. The van der Waals surface area contributed by atoms with Crippen LogP contribution < -0.4 is 0 Å². The van der Waals surface area contributed by atoms with Crippen molar-refractivity contribution in [2.75, 3.05) is 19.8 Å². The highest BCUT2D eigenvalue weighted by Crippen LogP contribution is 2.69. The van der Waals surface area contributed by atoms with Crippen molar-refractivity contribution in [3.63, 3.8) is 0 Å². The van der Waals surface area contributed by atoms with Crippen molar-refractivity contribution in [2.24, 2.45) is 28.6 Å². The number of hydrogen-bond acceptors (Lipinski definition) is 14. The zero-order chi connectivity index (χ0) is 35.0. The van der Waals surface area contributed by atoms with Gasteiger partial charge in [-0.2, -0.15) is 0 Å². The maximum Gasteiger partial charge on any atom is 0.310 e. The minimum Gasteiger partial charge on any atom is -0.461 e. The molecular weight excluding hydrogens is 644 g/mol. The molecule has 7 aliphatic rings. The van der Waals surface area contributed by atoms with E-state index in [1.165, 1.54) is 5.57 Å². The summed E-state index contributed by atoms with van der Waals surface area (Å²) in [6, 6.07) is 0. The van der Waals surface area contributed by atoms with Gasteiger partial charge in [-0.1, -0.05) is 19.4 Å². The average Bonchev–Trinajstić information content (AvgIpc) is 3.63. The molecule has 0 aromatic heterocycles. The van der Waals surface area contributed by atoms with E-state index in [4.69, 9.17) is 23.7 Å². The number of carbonyl (C=O) groups excluding carboxylic acids is 1. The van der Waals surface area contributed by atoms with Gasteiger partial charge in [0.15, 0.2) is 12.6 Å². The van der Waals surface area contributed by atoms with Crippen LogP contribution >= 0.6 is 0 Å². The summed E-state index contributed by atoms with van der Waals surface area (Å²) in [6.45, 7) is 3.60. The van der Waals surface area contributed by atoms with E-state index >= 15 is 0 Å². The molecule has 8 N–H and O–H groups in total. The second-order valence-electron chi connectivity index (χ2n) is 16.2. The first-order chi connectivity index (χ1) is 23.3. The van der Waals surface area contributed by atoms with Crippen LogP contribution in [0.25, 0.3) is 0 Å². The number of aliphatic hydroxyl groups is 8. The Balaban J connectivity index is 1.03. The molecule has 4 aliphatic carbocycles. The molecule has 14 heteroatoms. The van der Waals surface area contributed by atoms with Crippen molar-refractivity contribution in [2.45, 2.75) is 151 Å². The fourth-order valence-corrected chi connectivity index (χ4v) is 11.2. The average molecular weight is 699 g/mol. The number of cyclic esters (lactones) is 1. The first-order valence-corrected chi connectivity index (χ1v) is 18.1. The van der Waals surface area contributed by atoms with Gasteiger partial charge in [-0.25, -0.2) is 0 Å². The molecule has 7 fully saturated rings. The van der Waals surface area contributed by atoms with E-state index in [1.54, 1.807) is 0 Å². The number of hydrogen-bond donors (Lipinski definition) is 8. The molecule has 3 saturated heterocycles. The molecule has 0 spiro atoms. The van der Waals surface area contributed by atoms with E-state index in [2.05, 4.69) is 13.8 Å². The Bertz CT molecular complexity index is 1280. The molecule has 0 radical (unpaired) electrons. The predicted octanol–water partition coefficient (Wildman–Crippen LogP) is -0.603. The minimum atomic E-state index is -1.75. The van der Waals surface area contributed by atoms with Gasteiger partial charge >= 0.3 is 5.97 Å². The standard InChI is InChI=1S/C35H54O14/c1-33-8-5-18(46-32-29(43)30(26(40)23(14-37)48-32)49-31-28(42)27(41)25(39)22(13-36)47-31)12-17(33)3-4-21-20(33)6-9-34(2)19(7-10-35(21,34)44)16-11-24(38)45-15-16/h17-18,20-23,25-32,36-37,39-44H,3-15H2,1-2H3/b19-16+/t17-,18-,20+,21-,22+,23-,25-,26-,27+,28-,29-,30+,31-,32-,33+,34-,35-/m0/s1. The lowest BCUT2D eigenvalue weighted by molar-refractivity contribution is -0.365. The molecule has 0 aromatic carbocycles. The summed E-state index contributed by atoms with van der Waals surface area (Å²) in [5.41, 5.74) is 1.07. The number of ether oxygens (including phenoxy) is 5. The van der Waals surface area contributed by atoms with E-state index in [-0.39, 0.29) is 28.8 Å². The summed E-state index contributed by atoms with van der Waals surface area (Å²) in [4.78, 5) is 11.9. The van der Waals surface area contributed by atoms with Crippen LogP contribution in [0.15, 0.2) is 11.1 Å². The summed E-state index contributed by atoms with van der Waals surface area (Å²) in [6.07, 6.45) is -7.54. The highest BCUT2D eigenvalue weighted by atomic mass is 16.7. The number of fused-ring (bicyclic) bond motifs is 5. The predicted molar refractivity (Wildman–Crippen MR) is 167 cm³/mol. The molecular formula is C35H54O14. The molecule has 4 saturated carbocycles. The van der Waals surface area contributed by atoms with Crippen molar-refractivity contribution in [3.05, 3.63) is 11.1 Å². The number of aliphatic hydroxyl groups excluding tert-OH is 7. The summed E-state index contributed by atoms with van der Waals surface area (Å²) in [5.74, 6) is 0.601. The van der Waals surface area contributed by atoms with Crippen molar-refractivity contribution in [3.8, 4) is 0 Å². The van der Waals surface area contributed by atoms with Crippen LogP contribution in [0.1, 0.15) is 78.1 Å². The summed E-state index contributed by atoms with van der Waals surface area (Å²) >= 11 is 0. The van der Waals surface area contributed by atoms with Gasteiger partial charge in [0.25, 0.3) is 0 Å². The fraction of sp³-hybridized carbons (Fsp3) is 0.914. The van der Waals surface area contributed by atoms with E-state index in [0.717, 1.165) is 44.1 Å². The maximum absolute atomic E-state index is 12.5. The molecule has 17 atom stereocenters. The monoisotopic (exact) mass is 698 g/mol. The molecule has 278 valence electrons. The SMILES string of the molecule is C[C@@]12CC[C@H](O[C@H]3O[C@@H](CO)[C@H](O)[C@@H](O[C@@H]4O[C@H](CO)[C@H](O)[C@@H](O)[C@@H]4O)[C@@H]3O)C[C@@H]1CC[C@H]1[C@H]2CC[C@@]2(C)/C(=C3/COC(=O)C3)CC[C@]12O. The lowest BCUT2D eigenvalue weighted by Crippen LogP contribution is -2.65. The van der Waals surface area contributed by atoms with Crippen molar-refractivity contribution in [1.29, 1.82) is 0 Å². The Kier molecular flexibility index (Phi) is 9.80. The summed E-state index contributed by atoms with van der Waals surface area (Å²) in [5, 5.41) is 85.1. The summed E-state index contributed by atoms with van der Waals surface area (Å²) < 4.78 is 28.7. The number of rotatable bonds is 6. The van der Waals surface area contributed by atoms with Crippen molar-refractivity contribution in [1.82, 2.24) is 0 Å². The van der Waals surface area contributed by atoms with Gasteiger partial charge < -0.3 is 64.5 Å². The van der Waals surface area contributed by atoms with Gasteiger partial charge in [-0.15, -0.1) is 0 Å². The first kappa shape index (κ1) is 36.1. The van der Waals surface area contributed by atoms with E-state index < -0.39 is 80.2 Å². The fourth-order valence-electron chi connectivity index (χ4n) is 11.2. The van der Waals surface area contributed by atoms with Gasteiger partial charge in [0.1, 0.15) is 55.4 Å². The molecule has 49 heavy (non-hydrogen) atoms. The van der Waals surface area contributed by atoms with Gasteiger partial charge in [-0.3, -0.25) is 4.79 Å². The van der Waals surface area contributed by atoms with Crippen molar-refractivity contribution >= 4 is 5.97 Å². The topological polar surface area (TPSA) is 225 Å². The third kappa shape index (κ3) is 5.73. The number of carbonyl (C=O) groups is 1. The molecule has 7 rings (SSSR count). The molecule has 0 aromatic rings. The normalized spacial score (nSPS) is 54.6. The molecule has 3 heterocycles. The molecule has 14 nitrogen and oxygen atoms in total. The Morgan fingerprint density at radius 2 is 1.47 bits per heavy atom. The van der Waals surface area contributed by atoms with E-state index in [0.29, 0.717) is 44.1 Å². The summed E-state index contributed by atoms with van der Waals surface area (Å²) in [7, 11) is 0. The van der Waals surface area contributed by atoms with Crippen LogP contribution in [0.4, 0.5) is 0 Å². The maximum atomic E-state index is 12.5. The molecule has 0 unspecified atom stereocenters. The van der Waals surface area contributed by atoms with Gasteiger partial charge in [-0.05, 0) is 86.5 Å². The smallest absolute Gasteiger partial charge is 0.310 e. The second kappa shape index (κ2) is 13.3. The van der Waals surface area contributed by atoms with Crippen LogP contribution in [-0.4, -0.2) is 140 Å². The zero-order valence-electron chi connectivity index (χ0n) is 28.3. The second-order valence-corrected chi connectivity index (χ2v) is 16.2. The molecule has 3 aliphatic heterocycles. The van der Waals surface area contributed by atoms with Gasteiger partial charge in [0, 0.05) is 5.41 Å². The van der Waals surface area contributed by atoms with Gasteiger partial charge in [0.05, 0.1) is 31.3 Å². The van der Waals surface area contributed by atoms with Crippen LogP contribution in [-0.2, 0) is 28.5 Å². The zero-order valence-corrected chi connectivity index (χ0v) is 28.3. The molecule has 0 amide bonds. The largest absolute Gasteiger partial charge is 0.461 e. The third-order valence-corrected chi connectivity index (χ3v) is 14.1. The number of esters is 1. The lowest BCUT2D eigenvalue weighted by Gasteiger charge is -2.63. The van der Waals surface area contributed by atoms with Crippen LogP contribution in [0.5, 0.6) is 0 Å². The van der Waals surface area contributed by atoms with E-state index in [9.17, 15) is 45.6 Å². The van der Waals surface area contributed by atoms with Crippen molar-refractivity contribution < 1.29 is 69.3 Å². The Labute approximate surface area is 285 Å². The highest BCUT2D eigenvalue weighted by Gasteiger charge is 2.66. The Morgan fingerprint density at radius 3 is 2.14 bits per heavy atom. The Hall–Kier alpha value is -1.27. The molecule has 0 bridgehead atoms. The highest BCUT2D eigenvalue weighted by molar-refractivity contribution is 5.76. The van der Waals surface area contributed by atoms with Crippen LogP contribution in [0.3, 0.4) is 0 Å².